The molecule has 0 aliphatic carbocycles. The second-order valence-corrected chi connectivity index (χ2v) is 5.62. The van der Waals surface area contributed by atoms with Crippen LogP contribution in [-0.4, -0.2) is 38.8 Å². The number of nitrogens with zero attached hydrogens (tertiary/aromatic N) is 1. The Kier molecular flexibility index (Phi) is 6.48. The first-order valence-corrected chi connectivity index (χ1v) is 7.94. The summed E-state index contributed by atoms with van der Waals surface area (Å²) >= 11 is 0. The molecule has 9 nitrogen and oxygen atoms in total. The number of benzene rings is 2. The summed E-state index contributed by atoms with van der Waals surface area (Å²) in [6, 6.07) is 10.0. The SMILES string of the molecule is C/C(=N\NC(=O)c1cc(O)cc(O)c1)c1cccc(NC(=O)/C=C/C(=O)O)c1. The zero-order chi connectivity index (χ0) is 20.7. The number of rotatable bonds is 6. The third-order valence-corrected chi connectivity index (χ3v) is 3.42. The lowest BCUT2D eigenvalue weighted by Gasteiger charge is -2.07. The fourth-order valence-corrected chi connectivity index (χ4v) is 2.14. The number of hydrogen-bond acceptors (Lipinski definition) is 6. The van der Waals surface area contributed by atoms with Crippen LogP contribution in [0.5, 0.6) is 11.5 Å². The first kappa shape index (κ1) is 20.2. The van der Waals surface area contributed by atoms with Crippen molar-refractivity contribution < 1.29 is 29.7 Å². The molecule has 0 radical (unpaired) electrons. The van der Waals surface area contributed by atoms with Crippen molar-refractivity contribution in [3.05, 3.63) is 65.7 Å². The van der Waals surface area contributed by atoms with Crippen molar-refractivity contribution in [2.24, 2.45) is 5.10 Å². The van der Waals surface area contributed by atoms with Crippen LogP contribution in [-0.2, 0) is 9.59 Å². The van der Waals surface area contributed by atoms with E-state index in [1.54, 1.807) is 31.2 Å². The Labute approximate surface area is 159 Å². The van der Waals surface area contributed by atoms with Gasteiger partial charge in [-0.05, 0) is 36.8 Å². The molecular weight excluding hydrogens is 366 g/mol. The number of aromatic hydroxyl groups is 2. The highest BCUT2D eigenvalue weighted by Gasteiger charge is 2.09. The van der Waals surface area contributed by atoms with E-state index in [0.29, 0.717) is 17.0 Å². The van der Waals surface area contributed by atoms with Crippen molar-refractivity contribution in [3.63, 3.8) is 0 Å². The number of carbonyl (C=O) groups is 3. The van der Waals surface area contributed by atoms with Gasteiger partial charge in [-0.15, -0.1) is 0 Å². The number of carbonyl (C=O) groups excluding carboxylic acids is 2. The number of carboxylic acids is 1. The first-order valence-electron chi connectivity index (χ1n) is 7.94. The van der Waals surface area contributed by atoms with Crippen LogP contribution < -0.4 is 10.7 Å². The summed E-state index contributed by atoms with van der Waals surface area (Å²) < 4.78 is 0. The van der Waals surface area contributed by atoms with E-state index in [1.807, 2.05) is 0 Å². The number of anilines is 1. The first-order chi connectivity index (χ1) is 13.2. The Hall–Kier alpha value is -4.14. The van der Waals surface area contributed by atoms with Gasteiger partial charge in [-0.2, -0.15) is 5.10 Å². The molecule has 5 N–H and O–H groups in total. The largest absolute Gasteiger partial charge is 0.508 e. The maximum absolute atomic E-state index is 12.1. The average Bonchev–Trinajstić information content (AvgIpc) is 2.63. The summed E-state index contributed by atoms with van der Waals surface area (Å²) in [5.41, 5.74) is 3.77. The minimum absolute atomic E-state index is 0.0280. The van der Waals surface area contributed by atoms with E-state index in [-0.39, 0.29) is 17.1 Å². The fourth-order valence-electron chi connectivity index (χ4n) is 2.14. The number of carboxylic acid groups (broad SMARTS) is 1. The van der Waals surface area contributed by atoms with E-state index >= 15 is 0 Å². The van der Waals surface area contributed by atoms with E-state index in [2.05, 4.69) is 15.8 Å². The maximum atomic E-state index is 12.1. The Balaban J connectivity index is 2.09. The smallest absolute Gasteiger partial charge is 0.328 e. The van der Waals surface area contributed by atoms with Gasteiger partial charge in [0.05, 0.1) is 5.71 Å². The molecule has 2 rings (SSSR count). The van der Waals surface area contributed by atoms with E-state index in [0.717, 1.165) is 18.2 Å². The van der Waals surface area contributed by atoms with E-state index in [4.69, 9.17) is 5.11 Å². The number of amides is 2. The van der Waals surface area contributed by atoms with Crippen molar-refractivity contribution in [2.45, 2.75) is 6.92 Å². The molecule has 28 heavy (non-hydrogen) atoms. The molecule has 0 bridgehead atoms. The maximum Gasteiger partial charge on any atom is 0.328 e. The second kappa shape index (κ2) is 8.99. The molecule has 0 aliphatic rings. The van der Waals surface area contributed by atoms with E-state index < -0.39 is 17.8 Å². The summed E-state index contributed by atoms with van der Waals surface area (Å²) in [7, 11) is 0. The van der Waals surface area contributed by atoms with Crippen LogP contribution in [0.2, 0.25) is 0 Å². The lowest BCUT2D eigenvalue weighted by Crippen LogP contribution is -2.19. The third kappa shape index (κ3) is 5.99. The quantitative estimate of drug-likeness (QED) is 0.292. The molecule has 0 unspecified atom stereocenters. The minimum atomic E-state index is -1.23. The molecule has 0 saturated carbocycles. The van der Waals surface area contributed by atoms with Gasteiger partial charge in [0.15, 0.2) is 0 Å². The summed E-state index contributed by atoms with van der Waals surface area (Å²) in [5, 5.41) is 33.8. The van der Waals surface area contributed by atoms with Crippen LogP contribution in [0, 0.1) is 0 Å². The molecule has 0 spiro atoms. The highest BCUT2D eigenvalue weighted by Crippen LogP contribution is 2.20. The Morgan fingerprint density at radius 2 is 1.64 bits per heavy atom. The van der Waals surface area contributed by atoms with Gasteiger partial charge in [0.1, 0.15) is 11.5 Å². The number of hydrogen-bond donors (Lipinski definition) is 5. The van der Waals surface area contributed by atoms with Crippen LogP contribution in [0.4, 0.5) is 5.69 Å². The van der Waals surface area contributed by atoms with E-state index in [9.17, 15) is 24.6 Å². The number of nitrogens with one attached hydrogen (secondary N) is 2. The van der Waals surface area contributed by atoms with Crippen LogP contribution in [0.15, 0.2) is 59.7 Å². The number of phenols is 2. The van der Waals surface area contributed by atoms with Crippen molar-refractivity contribution >= 4 is 29.2 Å². The van der Waals surface area contributed by atoms with Gasteiger partial charge < -0.3 is 20.6 Å². The van der Waals surface area contributed by atoms with Crippen molar-refractivity contribution in [1.29, 1.82) is 0 Å². The van der Waals surface area contributed by atoms with Gasteiger partial charge in [0.2, 0.25) is 5.91 Å². The zero-order valence-electron chi connectivity index (χ0n) is 14.7. The normalized spacial score (nSPS) is 11.2. The van der Waals surface area contributed by atoms with Crippen molar-refractivity contribution in [1.82, 2.24) is 5.43 Å². The molecule has 0 atom stereocenters. The van der Waals surface area contributed by atoms with Crippen LogP contribution in [0.25, 0.3) is 0 Å². The molecule has 9 heteroatoms. The van der Waals surface area contributed by atoms with Gasteiger partial charge >= 0.3 is 5.97 Å². The molecule has 2 aromatic carbocycles. The van der Waals surface area contributed by atoms with Gasteiger partial charge in [-0.1, -0.05) is 12.1 Å². The third-order valence-electron chi connectivity index (χ3n) is 3.42. The monoisotopic (exact) mass is 383 g/mol. The second-order valence-electron chi connectivity index (χ2n) is 5.62. The fraction of sp³-hybridized carbons (Fsp3) is 0.0526. The molecule has 2 aromatic rings. The topological polar surface area (TPSA) is 148 Å². The summed E-state index contributed by atoms with van der Waals surface area (Å²) in [5.74, 6) is -2.99. The molecule has 0 saturated heterocycles. The Morgan fingerprint density at radius 3 is 2.29 bits per heavy atom. The molecular formula is C19H17N3O6. The van der Waals surface area contributed by atoms with Gasteiger partial charge in [-0.3, -0.25) is 9.59 Å². The Morgan fingerprint density at radius 1 is 0.964 bits per heavy atom. The van der Waals surface area contributed by atoms with Crippen LogP contribution in [0.3, 0.4) is 0 Å². The lowest BCUT2D eigenvalue weighted by molar-refractivity contribution is -0.131. The molecule has 0 aliphatic heterocycles. The molecule has 0 aromatic heterocycles. The highest BCUT2D eigenvalue weighted by molar-refractivity contribution is 6.04. The predicted molar refractivity (Wildman–Crippen MR) is 101 cm³/mol. The van der Waals surface area contributed by atoms with Crippen molar-refractivity contribution in [3.8, 4) is 11.5 Å². The average molecular weight is 383 g/mol. The van der Waals surface area contributed by atoms with Crippen LogP contribution >= 0.6 is 0 Å². The summed E-state index contributed by atoms with van der Waals surface area (Å²) in [6.07, 6.45) is 1.61. The number of hydrazone groups is 1. The summed E-state index contributed by atoms with van der Waals surface area (Å²) in [4.78, 5) is 34.1. The summed E-state index contributed by atoms with van der Waals surface area (Å²) in [6.45, 7) is 1.63. The minimum Gasteiger partial charge on any atom is -0.508 e. The Bertz CT molecular complexity index is 961. The van der Waals surface area contributed by atoms with Gasteiger partial charge in [0.25, 0.3) is 5.91 Å². The molecule has 0 fully saturated rings. The number of aliphatic carboxylic acids is 1. The number of phenolic OH excluding ortho intramolecular Hbond substituents is 2. The van der Waals surface area contributed by atoms with Gasteiger partial charge in [0, 0.05) is 29.5 Å². The van der Waals surface area contributed by atoms with Crippen LogP contribution in [0.1, 0.15) is 22.8 Å². The predicted octanol–water partition coefficient (Wildman–Crippen LogP) is 1.83. The molecule has 2 amide bonds. The lowest BCUT2D eigenvalue weighted by atomic mass is 10.1. The highest BCUT2D eigenvalue weighted by atomic mass is 16.4. The molecule has 0 heterocycles. The molecule has 144 valence electrons. The van der Waals surface area contributed by atoms with Crippen molar-refractivity contribution in [2.75, 3.05) is 5.32 Å². The zero-order valence-corrected chi connectivity index (χ0v) is 14.7. The standard InChI is InChI=1S/C19H17N3O6/c1-11(21-22-19(28)13-8-15(23)10-16(24)9-13)12-3-2-4-14(7-12)20-17(25)5-6-18(26)27/h2-10,23-24H,1H3,(H,20,25)(H,22,28)(H,26,27)/b6-5+,21-11+. The van der Waals surface area contributed by atoms with Gasteiger partial charge in [-0.25, -0.2) is 10.2 Å². The van der Waals surface area contributed by atoms with E-state index in [1.165, 1.54) is 12.1 Å².